The van der Waals surface area contributed by atoms with E-state index < -0.39 is 17.6 Å². The zero-order valence-corrected chi connectivity index (χ0v) is 18.7. The molecule has 3 N–H and O–H groups in total. The SMILES string of the molecule is CCC(C)(NC(=O)CCC(C)NC(=O)OCC1c2ccccc2-c2ccccc21)C(=O)O. The molecule has 0 aliphatic heterocycles. The van der Waals surface area contributed by atoms with E-state index in [1.54, 1.807) is 13.8 Å². The van der Waals surface area contributed by atoms with Crippen LogP contribution in [0.2, 0.25) is 0 Å². The summed E-state index contributed by atoms with van der Waals surface area (Å²) in [7, 11) is 0. The fourth-order valence-electron chi connectivity index (χ4n) is 3.92. The van der Waals surface area contributed by atoms with Crippen LogP contribution in [0.25, 0.3) is 11.1 Å². The molecule has 0 aromatic heterocycles. The Hall–Kier alpha value is -3.35. The van der Waals surface area contributed by atoms with Gasteiger partial charge in [-0.1, -0.05) is 55.5 Å². The van der Waals surface area contributed by atoms with E-state index >= 15 is 0 Å². The Morgan fingerprint density at radius 3 is 2.16 bits per heavy atom. The Morgan fingerprint density at radius 2 is 1.62 bits per heavy atom. The molecule has 0 saturated carbocycles. The standard InChI is InChI=1S/C25H30N2O5/c1-4-25(3,23(29)30)27-22(28)14-13-16(2)26-24(31)32-15-21-19-11-7-5-9-17(19)18-10-6-8-12-20(18)21/h5-12,16,21H,4,13-15H2,1-3H3,(H,26,31)(H,27,28)(H,29,30). The van der Waals surface area contributed by atoms with E-state index in [0.29, 0.717) is 6.42 Å². The highest BCUT2D eigenvalue weighted by Crippen LogP contribution is 2.44. The van der Waals surface area contributed by atoms with Gasteiger partial charge in [0.2, 0.25) is 5.91 Å². The molecule has 0 saturated heterocycles. The molecule has 2 atom stereocenters. The van der Waals surface area contributed by atoms with Gasteiger partial charge in [0, 0.05) is 18.4 Å². The first kappa shape index (κ1) is 23.3. The Morgan fingerprint density at radius 1 is 1.06 bits per heavy atom. The second-order valence-corrected chi connectivity index (χ2v) is 8.45. The van der Waals surface area contributed by atoms with Crippen LogP contribution in [-0.2, 0) is 14.3 Å². The molecule has 0 radical (unpaired) electrons. The number of rotatable bonds is 9. The topological polar surface area (TPSA) is 105 Å². The van der Waals surface area contributed by atoms with Gasteiger partial charge in [-0.25, -0.2) is 9.59 Å². The third-order valence-electron chi connectivity index (χ3n) is 6.11. The minimum absolute atomic E-state index is 0.0167. The molecule has 0 heterocycles. The van der Waals surface area contributed by atoms with Crippen molar-refractivity contribution in [2.24, 2.45) is 0 Å². The summed E-state index contributed by atoms with van der Waals surface area (Å²) in [4.78, 5) is 35.8. The minimum Gasteiger partial charge on any atom is -0.480 e. The van der Waals surface area contributed by atoms with Crippen LogP contribution in [0.3, 0.4) is 0 Å². The monoisotopic (exact) mass is 438 g/mol. The molecule has 3 rings (SSSR count). The molecule has 2 unspecified atom stereocenters. The van der Waals surface area contributed by atoms with E-state index in [2.05, 4.69) is 34.9 Å². The van der Waals surface area contributed by atoms with E-state index in [4.69, 9.17) is 4.74 Å². The number of benzene rings is 2. The smallest absolute Gasteiger partial charge is 0.407 e. The summed E-state index contributed by atoms with van der Waals surface area (Å²) < 4.78 is 5.52. The quantitative estimate of drug-likeness (QED) is 0.548. The third kappa shape index (κ3) is 5.10. The van der Waals surface area contributed by atoms with Gasteiger partial charge in [-0.15, -0.1) is 0 Å². The van der Waals surface area contributed by atoms with Gasteiger partial charge in [0.1, 0.15) is 12.1 Å². The van der Waals surface area contributed by atoms with Gasteiger partial charge in [-0.05, 0) is 48.9 Å². The van der Waals surface area contributed by atoms with E-state index in [-0.39, 0.29) is 37.3 Å². The Labute approximate surface area is 188 Å². The van der Waals surface area contributed by atoms with Crippen molar-refractivity contribution in [2.45, 2.75) is 57.5 Å². The van der Waals surface area contributed by atoms with Crippen LogP contribution in [0, 0.1) is 0 Å². The molecular weight excluding hydrogens is 408 g/mol. The molecule has 0 spiro atoms. The molecule has 0 bridgehead atoms. The molecule has 32 heavy (non-hydrogen) atoms. The molecular formula is C25H30N2O5. The maximum Gasteiger partial charge on any atom is 0.407 e. The fraction of sp³-hybridized carbons (Fsp3) is 0.400. The van der Waals surface area contributed by atoms with Gasteiger partial charge < -0.3 is 20.5 Å². The molecule has 7 nitrogen and oxygen atoms in total. The van der Waals surface area contributed by atoms with Gasteiger partial charge in [-0.2, -0.15) is 0 Å². The number of ether oxygens (including phenoxy) is 1. The summed E-state index contributed by atoms with van der Waals surface area (Å²) in [5, 5.41) is 14.6. The lowest BCUT2D eigenvalue weighted by atomic mass is 9.98. The van der Waals surface area contributed by atoms with Crippen molar-refractivity contribution in [2.75, 3.05) is 6.61 Å². The Kier molecular flexibility index (Phi) is 7.18. The van der Waals surface area contributed by atoms with E-state index in [1.165, 1.54) is 6.92 Å². The predicted molar refractivity (Wildman–Crippen MR) is 121 cm³/mol. The zero-order valence-electron chi connectivity index (χ0n) is 18.7. The largest absolute Gasteiger partial charge is 0.480 e. The number of aliphatic carboxylic acids is 1. The van der Waals surface area contributed by atoms with Crippen LogP contribution >= 0.6 is 0 Å². The fourth-order valence-corrected chi connectivity index (χ4v) is 3.92. The number of alkyl carbamates (subject to hydrolysis) is 1. The normalized spacial score (nSPS) is 15.1. The van der Waals surface area contributed by atoms with Crippen LogP contribution in [-0.4, -0.2) is 41.3 Å². The molecule has 1 aliphatic carbocycles. The number of hydrogen-bond acceptors (Lipinski definition) is 4. The second kappa shape index (κ2) is 9.85. The van der Waals surface area contributed by atoms with E-state index in [1.807, 2.05) is 24.3 Å². The number of carboxylic acid groups (broad SMARTS) is 1. The van der Waals surface area contributed by atoms with Crippen molar-refractivity contribution in [3.05, 3.63) is 59.7 Å². The van der Waals surface area contributed by atoms with Crippen LogP contribution < -0.4 is 10.6 Å². The lowest BCUT2D eigenvalue weighted by molar-refractivity contribution is -0.147. The predicted octanol–water partition coefficient (Wildman–Crippen LogP) is 4.06. The van der Waals surface area contributed by atoms with Crippen molar-refractivity contribution >= 4 is 18.0 Å². The Bertz CT molecular complexity index is 960. The minimum atomic E-state index is -1.29. The molecule has 2 aromatic carbocycles. The van der Waals surface area contributed by atoms with Crippen LogP contribution in [0.4, 0.5) is 4.79 Å². The number of hydrogen-bond donors (Lipinski definition) is 3. The lowest BCUT2D eigenvalue weighted by Gasteiger charge is -2.25. The van der Waals surface area contributed by atoms with Crippen molar-refractivity contribution in [1.82, 2.24) is 10.6 Å². The summed E-state index contributed by atoms with van der Waals surface area (Å²) in [6.45, 7) is 5.19. The van der Waals surface area contributed by atoms with Crippen LogP contribution in [0.15, 0.2) is 48.5 Å². The van der Waals surface area contributed by atoms with E-state index in [9.17, 15) is 19.5 Å². The first-order chi connectivity index (χ1) is 15.2. The van der Waals surface area contributed by atoms with Gasteiger partial charge >= 0.3 is 12.1 Å². The van der Waals surface area contributed by atoms with Crippen molar-refractivity contribution in [3.63, 3.8) is 0 Å². The van der Waals surface area contributed by atoms with Crippen LogP contribution in [0.5, 0.6) is 0 Å². The molecule has 0 fully saturated rings. The average Bonchev–Trinajstić information content (AvgIpc) is 3.10. The van der Waals surface area contributed by atoms with Gasteiger partial charge in [0.05, 0.1) is 0 Å². The number of amides is 2. The van der Waals surface area contributed by atoms with Crippen LogP contribution in [0.1, 0.15) is 57.1 Å². The maximum absolute atomic E-state index is 12.3. The van der Waals surface area contributed by atoms with Crippen molar-refractivity contribution < 1.29 is 24.2 Å². The van der Waals surface area contributed by atoms with Crippen molar-refractivity contribution in [1.29, 1.82) is 0 Å². The second-order valence-electron chi connectivity index (χ2n) is 8.45. The molecule has 7 heteroatoms. The highest BCUT2D eigenvalue weighted by Gasteiger charge is 2.33. The summed E-state index contributed by atoms with van der Waals surface area (Å²) in [5.41, 5.74) is 3.32. The van der Waals surface area contributed by atoms with E-state index in [0.717, 1.165) is 22.3 Å². The zero-order chi connectivity index (χ0) is 23.3. The summed E-state index contributed by atoms with van der Waals surface area (Å²) in [6, 6.07) is 16.0. The highest BCUT2D eigenvalue weighted by molar-refractivity contribution is 5.86. The summed E-state index contributed by atoms with van der Waals surface area (Å²) in [5.74, 6) is -1.45. The molecule has 2 amide bonds. The molecule has 170 valence electrons. The summed E-state index contributed by atoms with van der Waals surface area (Å²) in [6.07, 6.45) is 0.216. The number of carbonyl (C=O) groups excluding carboxylic acids is 2. The highest BCUT2D eigenvalue weighted by atomic mass is 16.5. The number of carbonyl (C=O) groups is 3. The average molecular weight is 439 g/mol. The lowest BCUT2D eigenvalue weighted by Crippen LogP contribution is -2.51. The Balaban J connectivity index is 1.49. The molecule has 2 aromatic rings. The maximum atomic E-state index is 12.3. The number of fused-ring (bicyclic) bond motifs is 3. The van der Waals surface area contributed by atoms with Gasteiger partial charge in [-0.3, -0.25) is 4.79 Å². The van der Waals surface area contributed by atoms with Crippen molar-refractivity contribution in [3.8, 4) is 11.1 Å². The summed E-state index contributed by atoms with van der Waals surface area (Å²) >= 11 is 0. The third-order valence-corrected chi connectivity index (χ3v) is 6.11. The van der Waals surface area contributed by atoms with Gasteiger partial charge in [0.15, 0.2) is 0 Å². The first-order valence-corrected chi connectivity index (χ1v) is 10.9. The number of nitrogens with one attached hydrogen (secondary N) is 2. The number of carboxylic acids is 1. The first-order valence-electron chi connectivity index (χ1n) is 10.9. The van der Waals surface area contributed by atoms with Gasteiger partial charge in [0.25, 0.3) is 0 Å². The molecule has 1 aliphatic rings.